The van der Waals surface area contributed by atoms with E-state index in [0.717, 1.165) is 0 Å². The van der Waals surface area contributed by atoms with Gasteiger partial charge in [-0.2, -0.15) is 0 Å². The molecule has 0 aromatic rings. The van der Waals surface area contributed by atoms with Crippen LogP contribution in [0, 0.1) is 0 Å². The molecule has 5 atom stereocenters. The van der Waals surface area contributed by atoms with E-state index < -0.39 is 12.4 Å². The molecule has 1 N–H and O–H groups in total. The molecule has 3 fully saturated rings. The molecule has 0 saturated carbocycles. The van der Waals surface area contributed by atoms with Gasteiger partial charge in [0.15, 0.2) is 6.29 Å². The van der Waals surface area contributed by atoms with Gasteiger partial charge in [-0.15, -0.1) is 0 Å². The summed E-state index contributed by atoms with van der Waals surface area (Å²) in [5, 5.41) is 9.33. The second-order valence-electron chi connectivity index (χ2n) is 2.93. The quantitative estimate of drug-likeness (QED) is 0.437. The first-order chi connectivity index (χ1) is 4.86. The van der Waals surface area contributed by atoms with Gasteiger partial charge < -0.3 is 19.3 Å². The van der Waals surface area contributed by atoms with Crippen molar-refractivity contribution >= 4 is 0 Å². The Morgan fingerprint density at radius 1 is 1.20 bits per heavy atom. The lowest BCUT2D eigenvalue weighted by molar-refractivity contribution is -0.143. The molecule has 0 aliphatic carbocycles. The lowest BCUT2D eigenvalue weighted by Gasteiger charge is -2.18. The van der Waals surface area contributed by atoms with Crippen molar-refractivity contribution < 1.29 is 19.3 Å². The van der Waals surface area contributed by atoms with Crippen molar-refractivity contribution in [3.05, 3.63) is 0 Å². The molecule has 0 aromatic heterocycles. The van der Waals surface area contributed by atoms with E-state index in [-0.39, 0.29) is 18.3 Å². The van der Waals surface area contributed by atoms with Gasteiger partial charge in [-0.05, 0) is 0 Å². The molecule has 10 heavy (non-hydrogen) atoms. The van der Waals surface area contributed by atoms with Crippen LogP contribution in [-0.4, -0.2) is 42.4 Å². The molecule has 0 spiro atoms. The molecule has 0 unspecified atom stereocenters. The zero-order valence-electron chi connectivity index (χ0n) is 5.27. The maximum atomic E-state index is 9.33. The van der Waals surface area contributed by atoms with E-state index in [4.69, 9.17) is 14.2 Å². The Bertz CT molecular complexity index is 169. The zero-order valence-corrected chi connectivity index (χ0v) is 5.27. The predicted molar refractivity (Wildman–Crippen MR) is 29.3 cm³/mol. The summed E-state index contributed by atoms with van der Waals surface area (Å²) in [5.41, 5.74) is 0. The van der Waals surface area contributed by atoms with Crippen LogP contribution in [0.25, 0.3) is 0 Å². The molecule has 3 aliphatic heterocycles. The van der Waals surface area contributed by atoms with Crippen LogP contribution < -0.4 is 0 Å². The van der Waals surface area contributed by atoms with Gasteiger partial charge >= 0.3 is 0 Å². The van der Waals surface area contributed by atoms with Crippen LogP contribution in [0.2, 0.25) is 0 Å². The topological polar surface area (TPSA) is 51.2 Å². The highest BCUT2D eigenvalue weighted by atomic mass is 16.8. The summed E-state index contributed by atoms with van der Waals surface area (Å²) in [5.74, 6) is 0. The molecule has 4 heteroatoms. The Morgan fingerprint density at radius 3 is 3.00 bits per heavy atom. The first-order valence-corrected chi connectivity index (χ1v) is 3.47. The summed E-state index contributed by atoms with van der Waals surface area (Å²) in [7, 11) is 0. The van der Waals surface area contributed by atoms with E-state index in [1.807, 2.05) is 0 Å². The molecular formula is C6H8O4. The molecule has 4 nitrogen and oxygen atoms in total. The fourth-order valence-corrected chi connectivity index (χ4v) is 1.66. The van der Waals surface area contributed by atoms with Crippen molar-refractivity contribution in [3.63, 3.8) is 0 Å². The van der Waals surface area contributed by atoms with Crippen molar-refractivity contribution in [2.45, 2.75) is 30.7 Å². The van der Waals surface area contributed by atoms with Gasteiger partial charge in [0, 0.05) is 0 Å². The van der Waals surface area contributed by atoms with Crippen LogP contribution in [0.1, 0.15) is 0 Å². The fourth-order valence-electron chi connectivity index (χ4n) is 1.66. The molecule has 0 amide bonds. The molecule has 0 radical (unpaired) electrons. The van der Waals surface area contributed by atoms with Crippen molar-refractivity contribution in [2.24, 2.45) is 0 Å². The third-order valence-corrected chi connectivity index (χ3v) is 2.28. The Morgan fingerprint density at radius 2 is 2.10 bits per heavy atom. The first-order valence-electron chi connectivity index (χ1n) is 3.47. The normalized spacial score (nSPS) is 63.9. The Balaban J connectivity index is 1.91. The van der Waals surface area contributed by atoms with Gasteiger partial charge in [-0.1, -0.05) is 0 Å². The number of fused-ring (bicyclic) bond motifs is 4. The van der Waals surface area contributed by atoms with Gasteiger partial charge in [0.25, 0.3) is 0 Å². The second kappa shape index (κ2) is 1.53. The largest absolute Gasteiger partial charge is 0.385 e. The van der Waals surface area contributed by atoms with Crippen LogP contribution in [0.4, 0.5) is 0 Å². The summed E-state index contributed by atoms with van der Waals surface area (Å²) in [6.07, 6.45) is -0.809. The molecule has 0 aromatic carbocycles. The van der Waals surface area contributed by atoms with Crippen LogP contribution in [0.3, 0.4) is 0 Å². The number of rotatable bonds is 0. The smallest absolute Gasteiger partial charge is 0.186 e. The maximum absolute atomic E-state index is 9.33. The zero-order chi connectivity index (χ0) is 6.72. The minimum atomic E-state index is -0.566. The average Bonchev–Trinajstić information content (AvgIpc) is 2.61. The number of hydrogen-bond donors (Lipinski definition) is 1. The summed E-state index contributed by atoms with van der Waals surface area (Å²) in [6, 6.07) is 0. The van der Waals surface area contributed by atoms with Gasteiger partial charge in [0.05, 0.1) is 6.61 Å². The minimum Gasteiger partial charge on any atom is -0.385 e. The summed E-state index contributed by atoms with van der Waals surface area (Å²) < 4.78 is 15.6. The van der Waals surface area contributed by atoms with E-state index in [9.17, 15) is 5.11 Å². The standard InChI is InChI=1S/C6H8O4/c7-3-5-4(10-5)2-1-8-6(3)9-2/h2-7H,1H2/t2-,3-,4+,5-,6-/m1/s1. The average molecular weight is 144 g/mol. The Labute approximate surface area is 57.7 Å². The fraction of sp³-hybridized carbons (Fsp3) is 1.00. The van der Waals surface area contributed by atoms with Crippen LogP contribution in [0.15, 0.2) is 0 Å². The van der Waals surface area contributed by atoms with Crippen LogP contribution >= 0.6 is 0 Å². The van der Waals surface area contributed by atoms with Crippen molar-refractivity contribution in [2.75, 3.05) is 6.61 Å². The predicted octanol–water partition coefficient (Wildman–Crippen LogP) is -1.13. The van der Waals surface area contributed by atoms with Gasteiger partial charge in [-0.3, -0.25) is 0 Å². The lowest BCUT2D eigenvalue weighted by Crippen LogP contribution is -2.39. The van der Waals surface area contributed by atoms with Crippen LogP contribution in [0.5, 0.6) is 0 Å². The minimum absolute atomic E-state index is 0.00810. The number of epoxide rings is 1. The molecule has 56 valence electrons. The Kier molecular flexibility index (Phi) is 0.840. The maximum Gasteiger partial charge on any atom is 0.186 e. The van der Waals surface area contributed by atoms with Gasteiger partial charge in [-0.25, -0.2) is 0 Å². The van der Waals surface area contributed by atoms with Crippen molar-refractivity contribution in [1.82, 2.24) is 0 Å². The third kappa shape index (κ3) is 0.509. The van der Waals surface area contributed by atoms with E-state index in [2.05, 4.69) is 0 Å². The second-order valence-corrected chi connectivity index (χ2v) is 2.93. The van der Waals surface area contributed by atoms with Gasteiger partial charge in [0.2, 0.25) is 0 Å². The highest BCUT2D eigenvalue weighted by Crippen LogP contribution is 2.41. The molecule has 3 aliphatic rings. The highest BCUT2D eigenvalue weighted by Gasteiger charge is 2.60. The monoisotopic (exact) mass is 144 g/mol. The van der Waals surface area contributed by atoms with E-state index >= 15 is 0 Å². The molecule has 3 heterocycles. The molecule has 3 rings (SSSR count). The highest BCUT2D eigenvalue weighted by molar-refractivity contribution is 5.03. The number of hydrogen-bond acceptors (Lipinski definition) is 4. The van der Waals surface area contributed by atoms with Crippen molar-refractivity contribution in [3.8, 4) is 0 Å². The van der Waals surface area contributed by atoms with E-state index in [1.54, 1.807) is 0 Å². The molecule has 2 bridgehead atoms. The molecular weight excluding hydrogens is 136 g/mol. The SMILES string of the molecule is O[C@H]1[C@@H]2OC[C@@H](O2)[C@@H]2O[C@H]12. The number of ether oxygens (including phenoxy) is 3. The summed E-state index contributed by atoms with van der Waals surface area (Å²) >= 11 is 0. The Hall–Kier alpha value is -0.160. The van der Waals surface area contributed by atoms with Gasteiger partial charge in [0.1, 0.15) is 24.4 Å². The van der Waals surface area contributed by atoms with E-state index in [0.29, 0.717) is 6.61 Å². The van der Waals surface area contributed by atoms with E-state index in [1.165, 1.54) is 0 Å². The number of aliphatic hydroxyl groups excluding tert-OH is 1. The summed E-state index contributed by atoms with van der Waals surface area (Å²) in [4.78, 5) is 0. The third-order valence-electron chi connectivity index (χ3n) is 2.28. The van der Waals surface area contributed by atoms with Crippen LogP contribution in [-0.2, 0) is 14.2 Å². The number of aliphatic hydroxyl groups is 1. The lowest BCUT2D eigenvalue weighted by atomic mass is 10.1. The molecule has 3 saturated heterocycles. The van der Waals surface area contributed by atoms with Crippen molar-refractivity contribution in [1.29, 1.82) is 0 Å². The first kappa shape index (κ1) is 5.49. The summed E-state index contributed by atoms with van der Waals surface area (Å²) in [6.45, 7) is 0.572.